The molecular formula is C15H19BrFN3OS. The molecule has 0 saturated carbocycles. The minimum absolute atomic E-state index is 0.0277. The molecule has 0 aliphatic carbocycles. The van der Waals surface area contributed by atoms with Crippen LogP contribution in [0.15, 0.2) is 22.7 Å². The average Bonchev–Trinajstić information content (AvgIpc) is 2.92. The highest BCUT2D eigenvalue weighted by Gasteiger charge is 2.22. The second kappa shape index (κ2) is 7.02. The first-order chi connectivity index (χ1) is 10.3. The maximum atomic E-state index is 13.9. The molecule has 0 amide bonds. The largest absolute Gasteiger partial charge is 0.395 e. The van der Waals surface area contributed by atoms with Crippen molar-refractivity contribution in [1.29, 1.82) is 0 Å². The number of anilines is 1. The Balaban J connectivity index is 2.26. The number of hydrogen-bond acceptors (Lipinski definition) is 5. The summed E-state index contributed by atoms with van der Waals surface area (Å²) >= 11 is 4.63. The van der Waals surface area contributed by atoms with Gasteiger partial charge in [0.05, 0.1) is 6.61 Å². The van der Waals surface area contributed by atoms with Gasteiger partial charge in [-0.1, -0.05) is 36.7 Å². The Morgan fingerprint density at radius 3 is 2.68 bits per heavy atom. The summed E-state index contributed by atoms with van der Waals surface area (Å²) in [5.74, 6) is 0.483. The van der Waals surface area contributed by atoms with Crippen LogP contribution >= 0.6 is 27.5 Å². The lowest BCUT2D eigenvalue weighted by Gasteiger charge is -2.21. The normalized spacial score (nSPS) is 11.7. The summed E-state index contributed by atoms with van der Waals surface area (Å²) in [4.78, 5) is 6.38. The molecular weight excluding hydrogens is 369 g/mol. The van der Waals surface area contributed by atoms with E-state index in [1.807, 2.05) is 25.7 Å². The highest BCUT2D eigenvalue weighted by Crippen LogP contribution is 2.27. The summed E-state index contributed by atoms with van der Waals surface area (Å²) in [7, 11) is 0. The SMILES string of the molecule is CC(C)(C)c1nsc(N(CCO)Cc2cc(Br)ccc2F)n1. The number of nitrogens with zero attached hydrogens (tertiary/aromatic N) is 3. The molecule has 0 aliphatic heterocycles. The summed E-state index contributed by atoms with van der Waals surface area (Å²) < 4.78 is 19.1. The average molecular weight is 388 g/mol. The van der Waals surface area contributed by atoms with Crippen LogP contribution in [0.4, 0.5) is 9.52 Å². The molecule has 0 atom stereocenters. The molecule has 120 valence electrons. The third kappa shape index (κ3) is 4.24. The van der Waals surface area contributed by atoms with Gasteiger partial charge in [0.15, 0.2) is 0 Å². The van der Waals surface area contributed by atoms with E-state index in [-0.39, 0.29) is 17.8 Å². The summed E-state index contributed by atoms with van der Waals surface area (Å²) in [6, 6.07) is 4.83. The van der Waals surface area contributed by atoms with E-state index in [4.69, 9.17) is 0 Å². The zero-order chi connectivity index (χ0) is 16.3. The van der Waals surface area contributed by atoms with E-state index in [0.29, 0.717) is 23.8 Å². The van der Waals surface area contributed by atoms with Crippen LogP contribution in [0.3, 0.4) is 0 Å². The van der Waals surface area contributed by atoms with Gasteiger partial charge in [0.2, 0.25) is 5.13 Å². The van der Waals surface area contributed by atoms with Gasteiger partial charge in [-0.3, -0.25) is 0 Å². The van der Waals surface area contributed by atoms with Crippen molar-refractivity contribution in [3.8, 4) is 0 Å². The Bertz CT molecular complexity index is 642. The fourth-order valence-corrected chi connectivity index (χ4v) is 3.17. The Morgan fingerprint density at radius 2 is 2.09 bits per heavy atom. The zero-order valence-electron chi connectivity index (χ0n) is 12.8. The molecule has 2 aromatic rings. The molecule has 2 rings (SSSR count). The molecule has 0 saturated heterocycles. The van der Waals surface area contributed by atoms with E-state index in [9.17, 15) is 9.50 Å². The Kier molecular flexibility index (Phi) is 5.52. The van der Waals surface area contributed by atoms with E-state index in [2.05, 4.69) is 25.3 Å². The molecule has 0 radical (unpaired) electrons. The van der Waals surface area contributed by atoms with E-state index in [0.717, 1.165) is 10.3 Å². The van der Waals surface area contributed by atoms with Gasteiger partial charge in [0, 0.05) is 40.1 Å². The molecule has 1 aromatic carbocycles. The van der Waals surface area contributed by atoms with Crippen LogP contribution in [0, 0.1) is 5.82 Å². The lowest BCUT2D eigenvalue weighted by molar-refractivity contribution is 0.301. The van der Waals surface area contributed by atoms with E-state index in [1.165, 1.54) is 17.6 Å². The van der Waals surface area contributed by atoms with Crippen molar-refractivity contribution in [1.82, 2.24) is 9.36 Å². The first-order valence-corrected chi connectivity index (χ1v) is 8.52. The van der Waals surface area contributed by atoms with Crippen LogP contribution < -0.4 is 4.90 Å². The Labute approximate surface area is 142 Å². The molecule has 1 heterocycles. The predicted octanol–water partition coefficient (Wildman–Crippen LogP) is 3.74. The Hall–Kier alpha value is -1.05. The lowest BCUT2D eigenvalue weighted by atomic mass is 9.96. The molecule has 4 nitrogen and oxygen atoms in total. The Morgan fingerprint density at radius 1 is 1.36 bits per heavy atom. The maximum absolute atomic E-state index is 13.9. The summed E-state index contributed by atoms with van der Waals surface area (Å²) in [6.45, 7) is 6.82. The minimum atomic E-state index is -0.272. The van der Waals surface area contributed by atoms with Gasteiger partial charge in [0.25, 0.3) is 0 Å². The topological polar surface area (TPSA) is 49.2 Å². The molecule has 7 heteroatoms. The van der Waals surface area contributed by atoms with Gasteiger partial charge in [0.1, 0.15) is 11.6 Å². The lowest BCUT2D eigenvalue weighted by Crippen LogP contribution is -2.26. The number of benzene rings is 1. The van der Waals surface area contributed by atoms with Gasteiger partial charge in [-0.15, -0.1) is 0 Å². The van der Waals surface area contributed by atoms with Gasteiger partial charge in [-0.05, 0) is 18.2 Å². The third-order valence-corrected chi connectivity index (χ3v) is 4.37. The van der Waals surface area contributed by atoms with Gasteiger partial charge in [-0.2, -0.15) is 4.37 Å². The van der Waals surface area contributed by atoms with Crippen molar-refractivity contribution in [3.63, 3.8) is 0 Å². The summed E-state index contributed by atoms with van der Waals surface area (Å²) in [5, 5.41) is 9.97. The van der Waals surface area contributed by atoms with E-state index < -0.39 is 0 Å². The summed E-state index contributed by atoms with van der Waals surface area (Å²) in [6.07, 6.45) is 0. The first kappa shape index (κ1) is 17.3. The minimum Gasteiger partial charge on any atom is -0.395 e. The van der Waals surface area contributed by atoms with Crippen LogP contribution in [-0.2, 0) is 12.0 Å². The number of rotatable bonds is 5. The van der Waals surface area contributed by atoms with Gasteiger partial charge >= 0.3 is 0 Å². The number of halogens is 2. The molecule has 22 heavy (non-hydrogen) atoms. The fraction of sp³-hybridized carbons (Fsp3) is 0.467. The monoisotopic (exact) mass is 387 g/mol. The van der Waals surface area contributed by atoms with Crippen LogP contribution in [0.1, 0.15) is 32.2 Å². The fourth-order valence-electron chi connectivity index (χ4n) is 1.88. The number of hydrogen-bond donors (Lipinski definition) is 1. The molecule has 0 spiro atoms. The number of aliphatic hydroxyl groups is 1. The highest BCUT2D eigenvalue weighted by molar-refractivity contribution is 9.10. The van der Waals surface area contributed by atoms with E-state index >= 15 is 0 Å². The van der Waals surface area contributed by atoms with Gasteiger partial charge in [-0.25, -0.2) is 9.37 Å². The molecule has 0 aliphatic rings. The van der Waals surface area contributed by atoms with Crippen LogP contribution in [0.5, 0.6) is 0 Å². The van der Waals surface area contributed by atoms with Gasteiger partial charge < -0.3 is 10.0 Å². The molecule has 0 bridgehead atoms. The van der Waals surface area contributed by atoms with Crippen molar-refractivity contribution in [2.75, 3.05) is 18.1 Å². The van der Waals surface area contributed by atoms with Crippen LogP contribution in [-0.4, -0.2) is 27.6 Å². The first-order valence-electron chi connectivity index (χ1n) is 6.95. The van der Waals surface area contributed by atoms with Crippen molar-refractivity contribution >= 4 is 32.6 Å². The molecule has 0 fully saturated rings. The van der Waals surface area contributed by atoms with Crippen LogP contribution in [0.2, 0.25) is 0 Å². The molecule has 1 N–H and O–H groups in total. The third-order valence-electron chi connectivity index (χ3n) is 3.10. The maximum Gasteiger partial charge on any atom is 0.205 e. The number of aromatic nitrogens is 2. The zero-order valence-corrected chi connectivity index (χ0v) is 15.2. The van der Waals surface area contributed by atoms with Crippen molar-refractivity contribution in [3.05, 3.63) is 39.9 Å². The van der Waals surface area contributed by atoms with E-state index in [1.54, 1.807) is 12.1 Å². The van der Waals surface area contributed by atoms with Crippen molar-refractivity contribution in [2.24, 2.45) is 0 Å². The van der Waals surface area contributed by atoms with Crippen LogP contribution in [0.25, 0.3) is 0 Å². The highest BCUT2D eigenvalue weighted by atomic mass is 79.9. The van der Waals surface area contributed by atoms with Crippen molar-refractivity contribution < 1.29 is 9.50 Å². The number of aliphatic hydroxyl groups excluding tert-OH is 1. The second-order valence-corrected chi connectivity index (χ2v) is 7.68. The molecule has 1 aromatic heterocycles. The second-order valence-electron chi connectivity index (χ2n) is 6.03. The molecule has 0 unspecified atom stereocenters. The quantitative estimate of drug-likeness (QED) is 0.848. The standard InChI is InChI=1S/C15H19BrFN3OS/c1-15(2,3)13-18-14(22-19-13)20(6-7-21)9-10-8-11(16)4-5-12(10)17/h4-5,8,21H,6-7,9H2,1-3H3. The smallest absolute Gasteiger partial charge is 0.205 e. The predicted molar refractivity (Wildman–Crippen MR) is 90.8 cm³/mol. The summed E-state index contributed by atoms with van der Waals surface area (Å²) in [5.41, 5.74) is 0.413. The van der Waals surface area contributed by atoms with Crippen molar-refractivity contribution in [2.45, 2.75) is 32.7 Å².